The van der Waals surface area contributed by atoms with Crippen molar-refractivity contribution in [3.8, 4) is 0 Å². The van der Waals surface area contributed by atoms with Crippen molar-refractivity contribution in [2.75, 3.05) is 0 Å². The minimum absolute atomic E-state index is 0.0494. The number of rotatable bonds is 5. The lowest BCUT2D eigenvalue weighted by Crippen LogP contribution is -2.37. The smallest absolute Gasteiger partial charge is 0.354 e. The molecular formula is C16H22N2O3. The van der Waals surface area contributed by atoms with Crippen LogP contribution < -0.4 is 5.32 Å². The van der Waals surface area contributed by atoms with Crippen LogP contribution in [0.25, 0.3) is 0 Å². The van der Waals surface area contributed by atoms with Gasteiger partial charge in [-0.2, -0.15) is 0 Å². The SMILES string of the molecule is CCCC1CCC(NC(=O)c2ccc(C(=O)O)nc2)CC1. The molecule has 5 nitrogen and oxygen atoms in total. The van der Waals surface area contributed by atoms with Gasteiger partial charge >= 0.3 is 5.97 Å². The lowest BCUT2D eigenvalue weighted by molar-refractivity contribution is 0.0689. The highest BCUT2D eigenvalue weighted by atomic mass is 16.4. The predicted octanol–water partition coefficient (Wildman–Crippen LogP) is 2.87. The van der Waals surface area contributed by atoms with E-state index < -0.39 is 5.97 Å². The van der Waals surface area contributed by atoms with Gasteiger partial charge in [0.2, 0.25) is 0 Å². The summed E-state index contributed by atoms with van der Waals surface area (Å²) >= 11 is 0. The molecule has 0 bridgehead atoms. The van der Waals surface area contributed by atoms with E-state index in [1.807, 2.05) is 0 Å². The van der Waals surface area contributed by atoms with E-state index in [2.05, 4.69) is 17.2 Å². The molecule has 0 aromatic carbocycles. The minimum atomic E-state index is -1.09. The summed E-state index contributed by atoms with van der Waals surface area (Å²) in [6.07, 6.45) is 8.23. The molecule has 1 aliphatic rings. The summed E-state index contributed by atoms with van der Waals surface area (Å²) in [5, 5.41) is 11.8. The summed E-state index contributed by atoms with van der Waals surface area (Å²) in [6.45, 7) is 2.21. The maximum atomic E-state index is 12.1. The van der Waals surface area contributed by atoms with Crippen molar-refractivity contribution >= 4 is 11.9 Å². The number of hydrogen-bond donors (Lipinski definition) is 2. The van der Waals surface area contributed by atoms with Crippen LogP contribution in [0.1, 0.15) is 66.3 Å². The summed E-state index contributed by atoms with van der Waals surface area (Å²) < 4.78 is 0. The Kier molecular flexibility index (Phi) is 5.31. The first-order valence-electron chi connectivity index (χ1n) is 7.60. The standard InChI is InChI=1S/C16H22N2O3/c1-2-3-11-4-7-13(8-5-11)18-15(19)12-6-9-14(16(20)21)17-10-12/h6,9-11,13H,2-5,7-8H2,1H3,(H,18,19)(H,20,21). The number of carbonyl (C=O) groups is 2. The lowest BCUT2D eigenvalue weighted by atomic mass is 9.83. The number of carbonyl (C=O) groups excluding carboxylic acids is 1. The quantitative estimate of drug-likeness (QED) is 0.874. The molecule has 1 aromatic rings. The van der Waals surface area contributed by atoms with E-state index >= 15 is 0 Å². The molecule has 0 saturated heterocycles. The Bertz CT molecular complexity index is 491. The van der Waals surface area contributed by atoms with Gasteiger partial charge in [-0.3, -0.25) is 4.79 Å². The van der Waals surface area contributed by atoms with Crippen molar-refractivity contribution in [3.63, 3.8) is 0 Å². The van der Waals surface area contributed by atoms with Crippen LogP contribution in [0.5, 0.6) is 0 Å². The van der Waals surface area contributed by atoms with Crippen LogP contribution in [0.3, 0.4) is 0 Å². The van der Waals surface area contributed by atoms with E-state index in [9.17, 15) is 9.59 Å². The van der Waals surface area contributed by atoms with Gasteiger partial charge in [0, 0.05) is 12.2 Å². The first kappa shape index (κ1) is 15.5. The van der Waals surface area contributed by atoms with Gasteiger partial charge in [0.15, 0.2) is 0 Å². The summed E-state index contributed by atoms with van der Waals surface area (Å²) in [5.41, 5.74) is 0.363. The van der Waals surface area contributed by atoms with Crippen LogP contribution >= 0.6 is 0 Å². The number of nitrogens with zero attached hydrogens (tertiary/aromatic N) is 1. The monoisotopic (exact) mass is 290 g/mol. The molecular weight excluding hydrogens is 268 g/mol. The Hall–Kier alpha value is -1.91. The third kappa shape index (κ3) is 4.28. The molecule has 1 aliphatic carbocycles. The topological polar surface area (TPSA) is 79.3 Å². The number of carboxylic acids is 1. The Labute approximate surface area is 124 Å². The molecule has 2 N–H and O–H groups in total. The zero-order chi connectivity index (χ0) is 15.2. The van der Waals surface area contributed by atoms with E-state index in [-0.39, 0.29) is 17.6 Å². The molecule has 5 heteroatoms. The number of nitrogens with one attached hydrogen (secondary N) is 1. The second-order valence-corrected chi connectivity index (χ2v) is 5.72. The van der Waals surface area contributed by atoms with Crippen molar-refractivity contribution in [3.05, 3.63) is 29.6 Å². The zero-order valence-corrected chi connectivity index (χ0v) is 12.3. The molecule has 1 aromatic heterocycles. The molecule has 0 atom stereocenters. The van der Waals surface area contributed by atoms with E-state index in [1.54, 1.807) is 0 Å². The van der Waals surface area contributed by atoms with E-state index in [0.717, 1.165) is 18.8 Å². The van der Waals surface area contributed by atoms with Crippen LogP contribution in [-0.2, 0) is 0 Å². The molecule has 0 aliphatic heterocycles. The third-order valence-electron chi connectivity index (χ3n) is 4.12. The molecule has 1 amide bonds. The van der Waals surface area contributed by atoms with Gasteiger partial charge in [0.05, 0.1) is 5.56 Å². The van der Waals surface area contributed by atoms with Crippen LogP contribution in [-0.4, -0.2) is 28.0 Å². The number of pyridine rings is 1. The van der Waals surface area contributed by atoms with Gasteiger partial charge in [0.1, 0.15) is 5.69 Å². The van der Waals surface area contributed by atoms with Crippen molar-refractivity contribution in [1.29, 1.82) is 0 Å². The Morgan fingerprint density at radius 1 is 1.29 bits per heavy atom. The average molecular weight is 290 g/mol. The third-order valence-corrected chi connectivity index (χ3v) is 4.12. The maximum absolute atomic E-state index is 12.1. The fourth-order valence-electron chi connectivity index (χ4n) is 2.93. The van der Waals surface area contributed by atoms with Gasteiger partial charge < -0.3 is 10.4 Å². The maximum Gasteiger partial charge on any atom is 0.354 e. The fourth-order valence-corrected chi connectivity index (χ4v) is 2.93. The molecule has 114 valence electrons. The van der Waals surface area contributed by atoms with Crippen molar-refractivity contribution in [2.45, 2.75) is 51.5 Å². The molecule has 0 radical (unpaired) electrons. The number of aromatic nitrogens is 1. The van der Waals surface area contributed by atoms with Gasteiger partial charge in [-0.1, -0.05) is 19.8 Å². The van der Waals surface area contributed by atoms with Gasteiger partial charge in [0.25, 0.3) is 5.91 Å². The number of hydrogen-bond acceptors (Lipinski definition) is 3. The minimum Gasteiger partial charge on any atom is -0.477 e. The summed E-state index contributed by atoms with van der Waals surface area (Å²) in [6, 6.07) is 3.09. The summed E-state index contributed by atoms with van der Waals surface area (Å²) in [5.74, 6) is -0.450. The highest BCUT2D eigenvalue weighted by Crippen LogP contribution is 2.27. The van der Waals surface area contributed by atoms with Gasteiger partial charge in [-0.25, -0.2) is 9.78 Å². The fraction of sp³-hybridized carbons (Fsp3) is 0.562. The van der Waals surface area contributed by atoms with Crippen LogP contribution in [0.2, 0.25) is 0 Å². The van der Waals surface area contributed by atoms with Crippen molar-refractivity contribution in [2.24, 2.45) is 5.92 Å². The van der Waals surface area contributed by atoms with Crippen molar-refractivity contribution < 1.29 is 14.7 Å². The van der Waals surface area contributed by atoms with E-state index in [1.165, 1.54) is 44.0 Å². The van der Waals surface area contributed by atoms with E-state index in [0.29, 0.717) is 5.56 Å². The Balaban J connectivity index is 1.86. The lowest BCUT2D eigenvalue weighted by Gasteiger charge is -2.28. The average Bonchev–Trinajstić information content (AvgIpc) is 2.49. The zero-order valence-electron chi connectivity index (χ0n) is 12.3. The summed E-state index contributed by atoms with van der Waals surface area (Å²) in [7, 11) is 0. The molecule has 21 heavy (non-hydrogen) atoms. The predicted molar refractivity (Wildman–Crippen MR) is 79.3 cm³/mol. The van der Waals surface area contributed by atoms with Gasteiger partial charge in [-0.15, -0.1) is 0 Å². The number of aromatic carboxylic acids is 1. The molecule has 0 spiro atoms. The molecule has 1 heterocycles. The normalized spacial score (nSPS) is 21.8. The Morgan fingerprint density at radius 3 is 2.52 bits per heavy atom. The largest absolute Gasteiger partial charge is 0.477 e. The highest BCUT2D eigenvalue weighted by molar-refractivity contribution is 5.95. The number of amides is 1. The first-order valence-corrected chi connectivity index (χ1v) is 7.60. The number of carboxylic acid groups (broad SMARTS) is 1. The molecule has 0 unspecified atom stereocenters. The van der Waals surface area contributed by atoms with Crippen LogP contribution in [0, 0.1) is 5.92 Å². The highest BCUT2D eigenvalue weighted by Gasteiger charge is 2.22. The first-order chi connectivity index (χ1) is 10.1. The second kappa shape index (κ2) is 7.20. The van der Waals surface area contributed by atoms with Gasteiger partial charge in [-0.05, 0) is 43.7 Å². The second-order valence-electron chi connectivity index (χ2n) is 5.72. The molecule has 2 rings (SSSR count). The molecule has 1 fully saturated rings. The van der Waals surface area contributed by atoms with Crippen molar-refractivity contribution in [1.82, 2.24) is 10.3 Å². The molecule has 1 saturated carbocycles. The van der Waals surface area contributed by atoms with Crippen LogP contribution in [0.4, 0.5) is 0 Å². The van der Waals surface area contributed by atoms with E-state index in [4.69, 9.17) is 5.11 Å². The Morgan fingerprint density at radius 2 is 2.00 bits per heavy atom. The summed E-state index contributed by atoms with van der Waals surface area (Å²) in [4.78, 5) is 26.6. The van der Waals surface area contributed by atoms with Crippen LogP contribution in [0.15, 0.2) is 18.3 Å².